The largest absolute Gasteiger partial charge is 0.497 e. The van der Waals surface area contributed by atoms with Crippen LogP contribution in [0.3, 0.4) is 0 Å². The van der Waals surface area contributed by atoms with Gasteiger partial charge in [-0.2, -0.15) is 0 Å². The highest BCUT2D eigenvalue weighted by molar-refractivity contribution is 6.09. The van der Waals surface area contributed by atoms with Gasteiger partial charge in [-0.25, -0.2) is 4.79 Å². The van der Waals surface area contributed by atoms with E-state index in [2.05, 4.69) is 10.6 Å². The first-order valence-corrected chi connectivity index (χ1v) is 8.98. The molecule has 3 rings (SSSR count). The Kier molecular flexibility index (Phi) is 5.35. The highest BCUT2D eigenvalue weighted by Gasteiger charge is 2.49. The number of ether oxygens (including phenoxy) is 1. The molecule has 0 bridgehead atoms. The molecule has 1 aliphatic heterocycles. The topological polar surface area (TPSA) is 87.7 Å². The standard InChI is InChI=1S/C21H23N3O4/c1-14(15-7-5-4-6-8-15)22-18(25)13-24-19(26)21(2,23-20(24)27)16-9-11-17(28-3)12-10-16/h4-12,14H,13H2,1-3H3,(H,22,25)(H,23,27). The number of amides is 4. The van der Waals surface area contributed by atoms with Crippen molar-refractivity contribution in [3.05, 3.63) is 65.7 Å². The first-order chi connectivity index (χ1) is 13.3. The molecular weight excluding hydrogens is 358 g/mol. The predicted molar refractivity (Wildman–Crippen MR) is 104 cm³/mol. The van der Waals surface area contributed by atoms with Crippen molar-refractivity contribution in [3.8, 4) is 5.75 Å². The van der Waals surface area contributed by atoms with Crippen molar-refractivity contribution >= 4 is 17.8 Å². The molecular formula is C21H23N3O4. The monoisotopic (exact) mass is 381 g/mol. The molecule has 0 aromatic heterocycles. The van der Waals surface area contributed by atoms with Gasteiger partial charge >= 0.3 is 6.03 Å². The molecule has 146 valence electrons. The zero-order valence-corrected chi connectivity index (χ0v) is 16.1. The highest BCUT2D eigenvalue weighted by Crippen LogP contribution is 2.30. The van der Waals surface area contributed by atoms with Crippen LogP contribution in [0.15, 0.2) is 54.6 Å². The SMILES string of the molecule is COc1ccc(C2(C)NC(=O)N(CC(=O)NC(C)c3ccccc3)C2=O)cc1. The van der Waals surface area contributed by atoms with E-state index in [1.807, 2.05) is 37.3 Å². The third-order valence-corrected chi connectivity index (χ3v) is 4.92. The molecule has 1 fully saturated rings. The molecule has 7 heteroatoms. The van der Waals surface area contributed by atoms with Crippen molar-refractivity contribution in [1.29, 1.82) is 0 Å². The predicted octanol–water partition coefficient (Wildman–Crippen LogP) is 2.34. The van der Waals surface area contributed by atoms with Gasteiger partial charge in [0, 0.05) is 0 Å². The molecule has 1 saturated heterocycles. The molecule has 2 N–H and O–H groups in total. The number of hydrogen-bond donors (Lipinski definition) is 2. The van der Waals surface area contributed by atoms with Crippen LogP contribution in [0.1, 0.15) is 31.0 Å². The van der Waals surface area contributed by atoms with Crippen LogP contribution < -0.4 is 15.4 Å². The number of rotatable bonds is 6. The Morgan fingerprint density at radius 2 is 1.79 bits per heavy atom. The number of hydrogen-bond acceptors (Lipinski definition) is 4. The van der Waals surface area contributed by atoms with E-state index in [1.165, 1.54) is 0 Å². The second-order valence-corrected chi connectivity index (χ2v) is 6.87. The van der Waals surface area contributed by atoms with Gasteiger partial charge in [-0.15, -0.1) is 0 Å². The van der Waals surface area contributed by atoms with Crippen molar-refractivity contribution in [2.24, 2.45) is 0 Å². The number of urea groups is 1. The third-order valence-electron chi connectivity index (χ3n) is 4.92. The summed E-state index contributed by atoms with van der Waals surface area (Å²) in [5.41, 5.74) is 0.331. The highest BCUT2D eigenvalue weighted by atomic mass is 16.5. The zero-order valence-electron chi connectivity index (χ0n) is 16.1. The molecule has 4 amide bonds. The van der Waals surface area contributed by atoms with E-state index in [0.717, 1.165) is 10.5 Å². The lowest BCUT2D eigenvalue weighted by Crippen LogP contribution is -2.43. The number of methoxy groups -OCH3 is 1. The minimum absolute atomic E-state index is 0.234. The summed E-state index contributed by atoms with van der Waals surface area (Å²) in [4.78, 5) is 38.6. The maximum absolute atomic E-state index is 12.9. The lowest BCUT2D eigenvalue weighted by molar-refractivity contribution is -0.135. The third kappa shape index (κ3) is 3.69. The second kappa shape index (κ2) is 7.72. The van der Waals surface area contributed by atoms with Crippen LogP contribution >= 0.6 is 0 Å². The number of carbonyl (C=O) groups excluding carboxylic acids is 3. The van der Waals surface area contributed by atoms with Crippen LogP contribution in [0.2, 0.25) is 0 Å². The Hall–Kier alpha value is -3.35. The van der Waals surface area contributed by atoms with E-state index in [-0.39, 0.29) is 12.6 Å². The summed E-state index contributed by atoms with van der Waals surface area (Å²) in [5.74, 6) is -0.223. The van der Waals surface area contributed by atoms with Crippen molar-refractivity contribution < 1.29 is 19.1 Å². The molecule has 7 nitrogen and oxygen atoms in total. The summed E-state index contributed by atoms with van der Waals surface area (Å²) in [7, 11) is 1.55. The van der Waals surface area contributed by atoms with Gasteiger partial charge in [0.25, 0.3) is 5.91 Å². The smallest absolute Gasteiger partial charge is 0.325 e. The molecule has 2 aromatic carbocycles. The van der Waals surface area contributed by atoms with Crippen molar-refractivity contribution in [3.63, 3.8) is 0 Å². The van der Waals surface area contributed by atoms with Gasteiger partial charge in [0.2, 0.25) is 5.91 Å². The minimum atomic E-state index is -1.23. The average molecular weight is 381 g/mol. The van der Waals surface area contributed by atoms with Gasteiger partial charge in [-0.3, -0.25) is 14.5 Å². The van der Waals surface area contributed by atoms with Crippen molar-refractivity contribution in [2.45, 2.75) is 25.4 Å². The van der Waals surface area contributed by atoms with Gasteiger partial charge in [-0.05, 0) is 37.1 Å². The lowest BCUT2D eigenvalue weighted by Gasteiger charge is -2.22. The Balaban J connectivity index is 1.70. The summed E-state index contributed by atoms with van der Waals surface area (Å²) < 4.78 is 5.12. The lowest BCUT2D eigenvalue weighted by atomic mass is 9.92. The van der Waals surface area contributed by atoms with E-state index < -0.39 is 23.4 Å². The molecule has 0 aliphatic carbocycles. The molecule has 28 heavy (non-hydrogen) atoms. The van der Waals surface area contributed by atoms with Gasteiger partial charge in [0.15, 0.2) is 0 Å². The second-order valence-electron chi connectivity index (χ2n) is 6.87. The Labute approximate surface area is 163 Å². The van der Waals surface area contributed by atoms with Crippen LogP contribution in [0.25, 0.3) is 0 Å². The quantitative estimate of drug-likeness (QED) is 0.752. The van der Waals surface area contributed by atoms with Gasteiger partial charge in [-0.1, -0.05) is 42.5 Å². The fraction of sp³-hybridized carbons (Fsp3) is 0.286. The van der Waals surface area contributed by atoms with Crippen LogP contribution in [-0.2, 0) is 15.1 Å². The fourth-order valence-corrected chi connectivity index (χ4v) is 3.22. The number of imide groups is 1. The molecule has 2 atom stereocenters. The van der Waals surface area contributed by atoms with Crippen LogP contribution in [0.5, 0.6) is 5.75 Å². The molecule has 0 radical (unpaired) electrons. The fourth-order valence-electron chi connectivity index (χ4n) is 3.22. The van der Waals surface area contributed by atoms with Gasteiger partial charge in [0.1, 0.15) is 17.8 Å². The first-order valence-electron chi connectivity index (χ1n) is 8.98. The molecule has 2 unspecified atom stereocenters. The van der Waals surface area contributed by atoms with Crippen LogP contribution in [-0.4, -0.2) is 36.4 Å². The maximum atomic E-state index is 12.9. The van der Waals surface area contributed by atoms with Crippen LogP contribution in [0, 0.1) is 0 Å². The number of nitrogens with zero attached hydrogens (tertiary/aromatic N) is 1. The molecule has 1 aliphatic rings. The minimum Gasteiger partial charge on any atom is -0.497 e. The maximum Gasteiger partial charge on any atom is 0.325 e. The van der Waals surface area contributed by atoms with Gasteiger partial charge in [0.05, 0.1) is 13.2 Å². The molecule has 2 aromatic rings. The van der Waals surface area contributed by atoms with Crippen molar-refractivity contribution in [2.75, 3.05) is 13.7 Å². The normalized spacial score (nSPS) is 19.9. The summed E-state index contributed by atoms with van der Waals surface area (Å²) >= 11 is 0. The molecule has 1 heterocycles. The molecule has 0 spiro atoms. The zero-order chi connectivity index (χ0) is 20.3. The van der Waals surface area contributed by atoms with E-state index in [4.69, 9.17) is 4.74 Å². The van der Waals surface area contributed by atoms with E-state index in [1.54, 1.807) is 38.3 Å². The number of nitrogens with one attached hydrogen (secondary N) is 2. The first kappa shape index (κ1) is 19.4. The summed E-state index contributed by atoms with van der Waals surface area (Å²) in [5, 5.41) is 5.51. The Bertz CT molecular complexity index is 882. The number of carbonyl (C=O) groups is 3. The van der Waals surface area contributed by atoms with Crippen LogP contribution in [0.4, 0.5) is 4.79 Å². The van der Waals surface area contributed by atoms with E-state index in [0.29, 0.717) is 11.3 Å². The van der Waals surface area contributed by atoms with E-state index >= 15 is 0 Å². The number of benzene rings is 2. The summed E-state index contributed by atoms with van der Waals surface area (Å²) in [6.45, 7) is 3.13. The van der Waals surface area contributed by atoms with Gasteiger partial charge < -0.3 is 15.4 Å². The van der Waals surface area contributed by atoms with E-state index in [9.17, 15) is 14.4 Å². The Morgan fingerprint density at radius 3 is 2.39 bits per heavy atom. The average Bonchev–Trinajstić information content (AvgIpc) is 2.92. The molecule has 0 saturated carbocycles. The summed E-state index contributed by atoms with van der Waals surface area (Å²) in [6, 6.07) is 15.5. The summed E-state index contributed by atoms with van der Waals surface area (Å²) in [6.07, 6.45) is 0. The Morgan fingerprint density at radius 1 is 1.14 bits per heavy atom. The van der Waals surface area contributed by atoms with Crippen molar-refractivity contribution in [1.82, 2.24) is 15.5 Å².